The van der Waals surface area contributed by atoms with Crippen LogP contribution in [0.5, 0.6) is 0 Å². The van der Waals surface area contributed by atoms with Crippen molar-refractivity contribution in [1.82, 2.24) is 10.2 Å². The number of ether oxygens (including phenoxy) is 1. The second-order valence-corrected chi connectivity index (χ2v) is 8.55. The van der Waals surface area contributed by atoms with Gasteiger partial charge in [-0.2, -0.15) is 0 Å². The quantitative estimate of drug-likeness (QED) is 0.807. The second-order valence-electron chi connectivity index (χ2n) is 8.55. The molecule has 4 rings (SSSR count). The van der Waals surface area contributed by atoms with E-state index in [1.165, 1.54) is 12.8 Å². The van der Waals surface area contributed by atoms with Crippen LogP contribution in [0.25, 0.3) is 0 Å². The number of likely N-dealkylation sites (tertiary alicyclic amines) is 1. The second kappa shape index (κ2) is 6.01. The number of carboxylic acids is 1. The first-order valence-corrected chi connectivity index (χ1v) is 9.38. The summed E-state index contributed by atoms with van der Waals surface area (Å²) in [6, 6.07) is 1.29. The van der Waals surface area contributed by atoms with E-state index in [9.17, 15) is 4.79 Å². The number of rotatable bonds is 5. The molecular weight excluding hydrogens is 292 g/mol. The molecule has 2 aliphatic carbocycles. The molecule has 2 saturated heterocycles. The number of piperidine rings is 1. The largest absolute Gasteiger partial charge is 0.481 e. The van der Waals surface area contributed by atoms with Gasteiger partial charge >= 0.3 is 5.97 Å². The molecule has 0 amide bonds. The summed E-state index contributed by atoms with van der Waals surface area (Å²) in [5.74, 6) is 0.763. The molecule has 2 aliphatic heterocycles. The molecule has 3 atom stereocenters. The lowest BCUT2D eigenvalue weighted by molar-refractivity contribution is -0.146. The van der Waals surface area contributed by atoms with Crippen molar-refractivity contribution >= 4 is 5.97 Å². The normalized spacial score (nSPS) is 42.6. The van der Waals surface area contributed by atoms with E-state index < -0.39 is 5.97 Å². The summed E-state index contributed by atoms with van der Waals surface area (Å²) in [6.07, 6.45) is 6.53. The fourth-order valence-electron chi connectivity index (χ4n) is 4.75. The lowest BCUT2D eigenvalue weighted by Gasteiger charge is -2.42. The minimum atomic E-state index is -0.610. The molecule has 5 nitrogen and oxygen atoms in total. The Labute approximate surface area is 138 Å². The van der Waals surface area contributed by atoms with Gasteiger partial charge in [0.25, 0.3) is 0 Å². The molecule has 0 aromatic heterocycles. The first kappa shape index (κ1) is 15.9. The van der Waals surface area contributed by atoms with E-state index in [0.717, 1.165) is 63.9 Å². The minimum Gasteiger partial charge on any atom is -0.481 e. The molecular formula is C18H30N2O3. The summed E-state index contributed by atoms with van der Waals surface area (Å²) >= 11 is 0. The van der Waals surface area contributed by atoms with Crippen LogP contribution in [0.1, 0.15) is 45.4 Å². The topological polar surface area (TPSA) is 61.8 Å². The summed E-state index contributed by atoms with van der Waals surface area (Å²) in [7, 11) is 0. The zero-order valence-corrected chi connectivity index (χ0v) is 14.2. The van der Waals surface area contributed by atoms with E-state index in [0.29, 0.717) is 12.0 Å². The van der Waals surface area contributed by atoms with Crippen molar-refractivity contribution in [2.45, 2.75) is 63.1 Å². The number of nitrogens with one attached hydrogen (secondary N) is 1. The number of carbonyl (C=O) groups is 1. The van der Waals surface area contributed by atoms with Crippen LogP contribution >= 0.6 is 0 Å². The number of aliphatic carboxylic acids is 1. The third-order valence-electron chi connectivity index (χ3n) is 6.64. The van der Waals surface area contributed by atoms with Gasteiger partial charge in [0.15, 0.2) is 0 Å². The van der Waals surface area contributed by atoms with Gasteiger partial charge < -0.3 is 20.1 Å². The molecule has 0 bridgehead atoms. The van der Waals surface area contributed by atoms with Crippen molar-refractivity contribution in [2.75, 3.05) is 26.2 Å². The summed E-state index contributed by atoms with van der Waals surface area (Å²) in [4.78, 5) is 13.4. The SMILES string of the molecule is C[C@@H]1C[C@H]1NC1COC2(CCN(CC3CC(C(=O)O)C3)CC2)C1. The number of carboxylic acid groups (broad SMARTS) is 1. The molecule has 2 heterocycles. The number of nitrogens with zero attached hydrogens (tertiary/aromatic N) is 1. The van der Waals surface area contributed by atoms with Crippen molar-refractivity contribution in [3.05, 3.63) is 0 Å². The van der Waals surface area contributed by atoms with Gasteiger partial charge in [-0.25, -0.2) is 0 Å². The lowest BCUT2D eigenvalue weighted by Crippen LogP contribution is -2.48. The van der Waals surface area contributed by atoms with Crippen LogP contribution in [-0.2, 0) is 9.53 Å². The van der Waals surface area contributed by atoms with E-state index in [-0.39, 0.29) is 11.5 Å². The van der Waals surface area contributed by atoms with E-state index in [1.807, 2.05) is 0 Å². The first-order chi connectivity index (χ1) is 11.0. The van der Waals surface area contributed by atoms with Gasteiger partial charge in [0.1, 0.15) is 0 Å². The standard InChI is InChI=1S/C18H30N2O3/c1-12-6-16(12)19-15-9-18(23-11-15)2-4-20(5-3-18)10-13-7-14(8-13)17(21)22/h12-16,19H,2-11H2,1H3,(H,21,22)/t12-,13?,14?,15?,16-/m1/s1. The first-order valence-electron chi connectivity index (χ1n) is 9.38. The van der Waals surface area contributed by atoms with Crippen LogP contribution in [0.3, 0.4) is 0 Å². The van der Waals surface area contributed by atoms with Crippen molar-refractivity contribution in [1.29, 1.82) is 0 Å². The third kappa shape index (κ3) is 3.42. The molecule has 4 fully saturated rings. The summed E-state index contributed by atoms with van der Waals surface area (Å²) < 4.78 is 6.23. The van der Waals surface area contributed by atoms with Crippen LogP contribution in [-0.4, -0.2) is 59.9 Å². The Morgan fingerprint density at radius 1 is 1.30 bits per heavy atom. The molecule has 0 aromatic carbocycles. The molecule has 2 saturated carbocycles. The van der Waals surface area contributed by atoms with E-state index in [4.69, 9.17) is 9.84 Å². The maximum absolute atomic E-state index is 10.9. The van der Waals surface area contributed by atoms with Gasteiger partial charge in [0.2, 0.25) is 0 Å². The van der Waals surface area contributed by atoms with E-state index in [2.05, 4.69) is 17.1 Å². The van der Waals surface area contributed by atoms with Crippen LogP contribution in [0, 0.1) is 17.8 Å². The maximum atomic E-state index is 10.9. The highest BCUT2D eigenvalue weighted by Gasteiger charge is 2.45. The lowest BCUT2D eigenvalue weighted by atomic mass is 9.74. The smallest absolute Gasteiger partial charge is 0.306 e. The predicted octanol–water partition coefficient (Wildman–Crippen LogP) is 1.72. The Bertz CT molecular complexity index is 455. The highest BCUT2D eigenvalue weighted by molar-refractivity contribution is 5.71. The molecule has 0 radical (unpaired) electrons. The van der Waals surface area contributed by atoms with Gasteiger partial charge in [0, 0.05) is 31.7 Å². The van der Waals surface area contributed by atoms with Crippen LogP contribution in [0.2, 0.25) is 0 Å². The van der Waals surface area contributed by atoms with Crippen LogP contribution in [0.4, 0.5) is 0 Å². The third-order valence-corrected chi connectivity index (χ3v) is 6.64. The molecule has 1 unspecified atom stereocenters. The summed E-state index contributed by atoms with van der Waals surface area (Å²) in [5, 5.41) is 12.7. The zero-order valence-electron chi connectivity index (χ0n) is 14.2. The molecule has 23 heavy (non-hydrogen) atoms. The van der Waals surface area contributed by atoms with E-state index in [1.54, 1.807) is 0 Å². The van der Waals surface area contributed by atoms with Crippen molar-refractivity contribution in [3.63, 3.8) is 0 Å². The highest BCUT2D eigenvalue weighted by atomic mass is 16.5. The maximum Gasteiger partial charge on any atom is 0.306 e. The fourth-order valence-corrected chi connectivity index (χ4v) is 4.75. The molecule has 5 heteroatoms. The summed E-state index contributed by atoms with van der Waals surface area (Å²) in [5.41, 5.74) is 0.121. The zero-order chi connectivity index (χ0) is 16.0. The van der Waals surface area contributed by atoms with Gasteiger partial charge in [0.05, 0.1) is 18.1 Å². The van der Waals surface area contributed by atoms with Gasteiger partial charge in [-0.1, -0.05) is 6.92 Å². The predicted molar refractivity (Wildman–Crippen MR) is 87.3 cm³/mol. The highest BCUT2D eigenvalue weighted by Crippen LogP contribution is 2.40. The average Bonchev–Trinajstić information content (AvgIpc) is 3.02. The van der Waals surface area contributed by atoms with Crippen LogP contribution in [0.15, 0.2) is 0 Å². The van der Waals surface area contributed by atoms with Gasteiger partial charge in [-0.15, -0.1) is 0 Å². The monoisotopic (exact) mass is 322 g/mol. The average molecular weight is 322 g/mol. The van der Waals surface area contributed by atoms with Gasteiger partial charge in [-0.3, -0.25) is 4.79 Å². The summed E-state index contributed by atoms with van der Waals surface area (Å²) in [6.45, 7) is 6.51. The molecule has 1 spiro atoms. The Hall–Kier alpha value is -0.650. The molecule has 4 aliphatic rings. The Balaban J connectivity index is 1.18. The number of hydrogen-bond donors (Lipinski definition) is 2. The molecule has 130 valence electrons. The Morgan fingerprint density at radius 3 is 2.61 bits per heavy atom. The molecule has 0 aromatic rings. The fraction of sp³-hybridized carbons (Fsp3) is 0.944. The molecule has 2 N–H and O–H groups in total. The van der Waals surface area contributed by atoms with Crippen molar-refractivity contribution < 1.29 is 14.6 Å². The Morgan fingerprint density at radius 2 is 2.00 bits per heavy atom. The Kier molecular flexibility index (Phi) is 4.14. The number of hydrogen-bond acceptors (Lipinski definition) is 4. The van der Waals surface area contributed by atoms with E-state index >= 15 is 0 Å². The van der Waals surface area contributed by atoms with Crippen molar-refractivity contribution in [2.24, 2.45) is 17.8 Å². The van der Waals surface area contributed by atoms with Gasteiger partial charge in [-0.05, 0) is 50.4 Å². The van der Waals surface area contributed by atoms with Crippen LogP contribution < -0.4 is 5.32 Å². The van der Waals surface area contributed by atoms with Crippen molar-refractivity contribution in [3.8, 4) is 0 Å². The minimum absolute atomic E-state index is 0.0778.